The van der Waals surface area contributed by atoms with Crippen molar-refractivity contribution in [1.82, 2.24) is 0 Å². The van der Waals surface area contributed by atoms with Gasteiger partial charge in [0, 0.05) is 5.56 Å². The van der Waals surface area contributed by atoms with Crippen molar-refractivity contribution in [3.8, 4) is 17.2 Å². The fourth-order valence-corrected chi connectivity index (χ4v) is 2.41. The summed E-state index contributed by atoms with van der Waals surface area (Å²) in [6, 6.07) is 10.8. The molecule has 0 atom stereocenters. The predicted octanol–water partition coefficient (Wildman–Crippen LogP) is 2.78. The monoisotopic (exact) mass is 245 g/mol. The molecule has 5 nitrogen and oxygen atoms in total. The minimum absolute atomic E-state index is 0.0312. The second-order valence-corrected chi connectivity index (χ2v) is 4.29. The highest BCUT2D eigenvalue weighted by atomic mass is 32.1. The van der Waals surface area contributed by atoms with Gasteiger partial charge in [0.2, 0.25) is 0 Å². The Labute approximate surface area is 101 Å². The average Bonchev–Trinajstić information content (AvgIpc) is 2.67. The van der Waals surface area contributed by atoms with Crippen LogP contribution in [0.2, 0.25) is 0 Å². The smallest absolute Gasteiger partial charge is 0.344 e. The van der Waals surface area contributed by atoms with Gasteiger partial charge < -0.3 is 5.73 Å². The van der Waals surface area contributed by atoms with Crippen LogP contribution in [-0.2, 0) is 0 Å². The van der Waals surface area contributed by atoms with E-state index in [1.165, 1.54) is 0 Å². The summed E-state index contributed by atoms with van der Waals surface area (Å²) in [4.78, 5) is 10.2. The predicted molar refractivity (Wildman–Crippen MR) is 65.5 cm³/mol. The molecule has 0 aliphatic carbocycles. The van der Waals surface area contributed by atoms with Crippen LogP contribution in [0, 0.1) is 21.4 Å². The Balaban J connectivity index is 2.71. The zero-order valence-electron chi connectivity index (χ0n) is 8.58. The van der Waals surface area contributed by atoms with Gasteiger partial charge in [-0.25, -0.2) is 0 Å². The summed E-state index contributed by atoms with van der Waals surface area (Å²) in [6.45, 7) is 0. The lowest BCUT2D eigenvalue weighted by Gasteiger charge is -1.99. The van der Waals surface area contributed by atoms with Gasteiger partial charge in [0.05, 0.1) is 4.92 Å². The zero-order valence-corrected chi connectivity index (χ0v) is 9.40. The van der Waals surface area contributed by atoms with E-state index in [2.05, 4.69) is 0 Å². The van der Waals surface area contributed by atoms with Gasteiger partial charge in [0.15, 0.2) is 5.56 Å². The van der Waals surface area contributed by atoms with Crippen molar-refractivity contribution in [1.29, 1.82) is 5.26 Å². The number of nitrogens with zero attached hydrogens (tertiary/aromatic N) is 2. The third kappa shape index (κ3) is 1.84. The van der Waals surface area contributed by atoms with E-state index >= 15 is 0 Å². The van der Waals surface area contributed by atoms with E-state index in [9.17, 15) is 10.1 Å². The van der Waals surface area contributed by atoms with Crippen LogP contribution in [0.15, 0.2) is 30.3 Å². The van der Waals surface area contributed by atoms with Gasteiger partial charge in [-0.15, -0.1) is 0 Å². The van der Waals surface area contributed by atoms with E-state index in [1.54, 1.807) is 24.3 Å². The van der Waals surface area contributed by atoms with Crippen molar-refractivity contribution < 1.29 is 4.92 Å². The van der Waals surface area contributed by atoms with Gasteiger partial charge in [0.1, 0.15) is 11.1 Å². The van der Waals surface area contributed by atoms with Crippen molar-refractivity contribution in [2.24, 2.45) is 0 Å². The Morgan fingerprint density at radius 1 is 1.35 bits per heavy atom. The van der Waals surface area contributed by atoms with Gasteiger partial charge in [-0.3, -0.25) is 10.1 Å². The van der Waals surface area contributed by atoms with Gasteiger partial charge in [-0.1, -0.05) is 30.3 Å². The number of nitrogen functional groups attached to an aromatic ring is 1. The van der Waals surface area contributed by atoms with Crippen LogP contribution >= 0.6 is 11.3 Å². The number of rotatable bonds is 2. The fraction of sp³-hybridized carbons (Fsp3) is 0. The Bertz CT molecular complexity index is 614. The second kappa shape index (κ2) is 4.23. The summed E-state index contributed by atoms with van der Waals surface area (Å²) in [5, 5.41) is 19.9. The number of nitrogens with two attached hydrogens (primary N) is 1. The lowest BCUT2D eigenvalue weighted by Crippen LogP contribution is -1.89. The molecule has 6 heteroatoms. The van der Waals surface area contributed by atoms with E-state index < -0.39 is 4.92 Å². The molecule has 0 aliphatic heterocycles. The van der Waals surface area contributed by atoms with E-state index in [1.807, 2.05) is 12.1 Å². The standard InChI is InChI=1S/C11H7N3O2S/c12-6-8-9(7-4-2-1-3-5-7)10(13)17-11(8)14(15)16/h1-5H,13H2. The van der Waals surface area contributed by atoms with Crippen molar-refractivity contribution >= 4 is 21.3 Å². The highest BCUT2D eigenvalue weighted by Gasteiger charge is 2.25. The number of hydrogen-bond donors (Lipinski definition) is 1. The van der Waals surface area contributed by atoms with Crippen molar-refractivity contribution in [3.63, 3.8) is 0 Å². The van der Waals surface area contributed by atoms with Crippen LogP contribution in [-0.4, -0.2) is 4.92 Å². The van der Waals surface area contributed by atoms with Crippen LogP contribution < -0.4 is 5.73 Å². The molecule has 1 aromatic carbocycles. The van der Waals surface area contributed by atoms with Crippen molar-refractivity contribution in [2.75, 3.05) is 5.73 Å². The summed E-state index contributed by atoms with van der Waals surface area (Å²) in [5.41, 5.74) is 6.94. The van der Waals surface area contributed by atoms with E-state index in [0.29, 0.717) is 16.1 Å². The minimum atomic E-state index is -0.577. The molecule has 0 saturated carbocycles. The van der Waals surface area contributed by atoms with Crippen LogP contribution in [0.4, 0.5) is 10.0 Å². The SMILES string of the molecule is N#Cc1c([N+](=O)[O-])sc(N)c1-c1ccccc1. The summed E-state index contributed by atoms with van der Waals surface area (Å²) in [5.74, 6) is 0. The van der Waals surface area contributed by atoms with Gasteiger partial charge in [-0.05, 0) is 16.9 Å². The van der Waals surface area contributed by atoms with Crippen LogP contribution in [0.3, 0.4) is 0 Å². The van der Waals surface area contributed by atoms with Crippen LogP contribution in [0.1, 0.15) is 5.56 Å². The summed E-state index contributed by atoms with van der Waals surface area (Å²) in [7, 11) is 0. The van der Waals surface area contributed by atoms with E-state index in [-0.39, 0.29) is 10.6 Å². The lowest BCUT2D eigenvalue weighted by atomic mass is 10.0. The normalized spacial score (nSPS) is 9.82. The highest BCUT2D eigenvalue weighted by molar-refractivity contribution is 7.20. The number of nitriles is 1. The molecule has 0 aliphatic rings. The molecule has 0 amide bonds. The first-order valence-corrected chi connectivity index (χ1v) is 5.49. The molecule has 0 spiro atoms. The number of anilines is 1. The molecule has 17 heavy (non-hydrogen) atoms. The molecule has 0 saturated heterocycles. The number of thiophene rings is 1. The van der Waals surface area contributed by atoms with Crippen LogP contribution in [0.25, 0.3) is 11.1 Å². The summed E-state index contributed by atoms with van der Waals surface area (Å²) < 4.78 is 0. The molecule has 2 rings (SSSR count). The topological polar surface area (TPSA) is 92.9 Å². The molecule has 0 bridgehead atoms. The maximum atomic E-state index is 10.8. The molecular weight excluding hydrogens is 238 g/mol. The molecule has 84 valence electrons. The Hall–Kier alpha value is -2.39. The Morgan fingerprint density at radius 2 is 2.00 bits per heavy atom. The van der Waals surface area contributed by atoms with E-state index in [0.717, 1.165) is 11.3 Å². The third-order valence-electron chi connectivity index (χ3n) is 2.26. The molecule has 1 aromatic heterocycles. The number of hydrogen-bond acceptors (Lipinski definition) is 5. The van der Waals surface area contributed by atoms with E-state index in [4.69, 9.17) is 11.0 Å². The molecule has 0 radical (unpaired) electrons. The number of benzene rings is 1. The molecule has 0 fully saturated rings. The largest absolute Gasteiger partial charge is 0.390 e. The quantitative estimate of drug-likeness (QED) is 0.650. The minimum Gasteiger partial charge on any atom is -0.390 e. The molecular formula is C11H7N3O2S. The van der Waals surface area contributed by atoms with Crippen molar-refractivity contribution in [2.45, 2.75) is 0 Å². The zero-order chi connectivity index (χ0) is 12.4. The summed E-state index contributed by atoms with van der Waals surface area (Å²) >= 11 is 0.825. The van der Waals surface area contributed by atoms with Crippen molar-refractivity contribution in [3.05, 3.63) is 46.0 Å². The molecule has 1 heterocycles. The first-order chi connectivity index (χ1) is 8.15. The maximum absolute atomic E-state index is 10.8. The van der Waals surface area contributed by atoms with Gasteiger partial charge in [-0.2, -0.15) is 5.26 Å². The lowest BCUT2D eigenvalue weighted by molar-refractivity contribution is -0.380. The third-order valence-corrected chi connectivity index (χ3v) is 3.23. The Morgan fingerprint density at radius 3 is 2.53 bits per heavy atom. The Kier molecular flexibility index (Phi) is 2.77. The average molecular weight is 245 g/mol. The van der Waals surface area contributed by atoms with Crippen LogP contribution in [0.5, 0.6) is 0 Å². The first-order valence-electron chi connectivity index (χ1n) is 4.67. The first kappa shape index (κ1) is 11.1. The fourth-order valence-electron chi connectivity index (χ4n) is 1.56. The maximum Gasteiger partial charge on any atom is 0.344 e. The molecule has 2 N–H and O–H groups in total. The van der Waals surface area contributed by atoms with Gasteiger partial charge in [0.25, 0.3) is 0 Å². The molecule has 2 aromatic rings. The second-order valence-electron chi connectivity index (χ2n) is 3.26. The summed E-state index contributed by atoms with van der Waals surface area (Å²) in [6.07, 6.45) is 0. The number of nitro groups is 1. The van der Waals surface area contributed by atoms with Gasteiger partial charge >= 0.3 is 5.00 Å². The molecule has 0 unspecified atom stereocenters. The highest BCUT2D eigenvalue weighted by Crippen LogP contribution is 2.42.